The molecule has 6 heteroatoms. The van der Waals surface area contributed by atoms with Crippen LogP contribution in [0.3, 0.4) is 0 Å². The quantitative estimate of drug-likeness (QED) is 0.695. The van der Waals surface area contributed by atoms with Crippen LogP contribution in [0, 0.1) is 11.8 Å². The van der Waals surface area contributed by atoms with Gasteiger partial charge >= 0.3 is 0 Å². The SMILES string of the molecule is O=C([C@@H]1C[C@]23CCN(CC4CC4)[C@H](Cc4ccc(O)cc42)[C@]3(O)C1)N1CCC(N2CCCC2)CC1. The number of likely N-dealkylation sites (tertiary alicyclic amines) is 3. The van der Waals surface area contributed by atoms with E-state index in [0.717, 1.165) is 69.8 Å². The van der Waals surface area contributed by atoms with Gasteiger partial charge in [0.05, 0.1) is 5.60 Å². The number of amides is 1. The Morgan fingerprint density at radius 3 is 2.51 bits per heavy atom. The Morgan fingerprint density at radius 2 is 1.77 bits per heavy atom. The molecule has 0 spiro atoms. The Balaban J connectivity index is 1.15. The first kappa shape index (κ1) is 22.6. The molecule has 4 atom stereocenters. The lowest BCUT2D eigenvalue weighted by atomic mass is 9.56. The summed E-state index contributed by atoms with van der Waals surface area (Å²) in [4.78, 5) is 21.2. The molecule has 190 valence electrons. The minimum absolute atomic E-state index is 0.0765. The Hall–Kier alpha value is -1.63. The average molecular weight is 480 g/mol. The van der Waals surface area contributed by atoms with Crippen LogP contribution in [0.1, 0.15) is 68.9 Å². The van der Waals surface area contributed by atoms with Gasteiger partial charge in [-0.25, -0.2) is 0 Å². The second-order valence-corrected chi connectivity index (χ2v) is 12.7. The van der Waals surface area contributed by atoms with Crippen LogP contribution in [0.2, 0.25) is 0 Å². The Morgan fingerprint density at radius 1 is 1.00 bits per heavy atom. The number of phenolic OH excluding ortho intramolecular Hbond substituents is 1. The van der Waals surface area contributed by atoms with Crippen LogP contribution in [-0.4, -0.2) is 87.8 Å². The van der Waals surface area contributed by atoms with E-state index in [1.807, 2.05) is 6.07 Å². The Kier molecular flexibility index (Phi) is 5.28. The van der Waals surface area contributed by atoms with Gasteiger partial charge in [0.15, 0.2) is 0 Å². The zero-order chi connectivity index (χ0) is 23.8. The van der Waals surface area contributed by atoms with Gasteiger partial charge in [-0.3, -0.25) is 9.69 Å². The third-order valence-corrected chi connectivity index (χ3v) is 10.8. The molecule has 5 fully saturated rings. The van der Waals surface area contributed by atoms with Crippen molar-refractivity contribution in [2.45, 2.75) is 87.3 Å². The highest BCUT2D eigenvalue weighted by molar-refractivity contribution is 5.80. The van der Waals surface area contributed by atoms with Gasteiger partial charge in [0.2, 0.25) is 5.91 Å². The Bertz CT molecular complexity index is 997. The highest BCUT2D eigenvalue weighted by Crippen LogP contribution is 2.62. The molecule has 0 unspecified atom stereocenters. The highest BCUT2D eigenvalue weighted by atomic mass is 16.3. The first-order chi connectivity index (χ1) is 17.0. The highest BCUT2D eigenvalue weighted by Gasteiger charge is 2.68. The van der Waals surface area contributed by atoms with Gasteiger partial charge in [-0.1, -0.05) is 6.07 Å². The molecule has 1 amide bonds. The van der Waals surface area contributed by atoms with Crippen molar-refractivity contribution in [2.75, 3.05) is 39.3 Å². The summed E-state index contributed by atoms with van der Waals surface area (Å²) in [5.74, 6) is 1.20. The van der Waals surface area contributed by atoms with Gasteiger partial charge in [0, 0.05) is 43.1 Å². The van der Waals surface area contributed by atoms with Crippen LogP contribution in [0.15, 0.2) is 18.2 Å². The minimum Gasteiger partial charge on any atom is -0.508 e. The van der Waals surface area contributed by atoms with Gasteiger partial charge in [0.1, 0.15) is 5.75 Å². The Labute approximate surface area is 209 Å². The molecule has 3 saturated heterocycles. The lowest BCUT2D eigenvalue weighted by Crippen LogP contribution is -2.69. The number of nitrogens with zero attached hydrogens (tertiary/aromatic N) is 3. The van der Waals surface area contributed by atoms with Crippen molar-refractivity contribution in [1.82, 2.24) is 14.7 Å². The largest absolute Gasteiger partial charge is 0.508 e. The number of benzene rings is 1. The van der Waals surface area contributed by atoms with Crippen molar-refractivity contribution >= 4 is 5.91 Å². The average Bonchev–Trinajstić information content (AvgIpc) is 3.37. The molecule has 2 saturated carbocycles. The van der Waals surface area contributed by atoms with Crippen LogP contribution in [0.5, 0.6) is 5.75 Å². The van der Waals surface area contributed by atoms with E-state index >= 15 is 0 Å². The number of hydrogen-bond donors (Lipinski definition) is 2. The van der Waals surface area contributed by atoms with Crippen molar-refractivity contribution in [3.05, 3.63) is 29.3 Å². The third kappa shape index (κ3) is 3.50. The molecule has 1 aromatic rings. The predicted molar refractivity (Wildman–Crippen MR) is 134 cm³/mol. The van der Waals surface area contributed by atoms with Crippen molar-refractivity contribution in [3.63, 3.8) is 0 Å². The number of aromatic hydroxyl groups is 1. The van der Waals surface area contributed by atoms with Crippen molar-refractivity contribution in [2.24, 2.45) is 11.8 Å². The number of fused-ring (bicyclic) bond motifs is 1. The maximum absolute atomic E-state index is 13.9. The zero-order valence-electron chi connectivity index (χ0n) is 21.0. The molecular weight excluding hydrogens is 438 g/mol. The second-order valence-electron chi connectivity index (χ2n) is 12.7. The maximum atomic E-state index is 13.9. The van der Waals surface area contributed by atoms with E-state index in [0.29, 0.717) is 12.5 Å². The monoisotopic (exact) mass is 479 g/mol. The molecule has 1 aromatic carbocycles. The number of carbonyl (C=O) groups is 1. The topological polar surface area (TPSA) is 67.2 Å². The number of hydrogen-bond acceptors (Lipinski definition) is 5. The molecule has 0 aromatic heterocycles. The van der Waals surface area contributed by atoms with Crippen LogP contribution in [-0.2, 0) is 16.6 Å². The molecule has 3 aliphatic carbocycles. The molecule has 0 radical (unpaired) electrons. The van der Waals surface area contributed by atoms with Crippen LogP contribution in [0.4, 0.5) is 0 Å². The fraction of sp³-hybridized carbons (Fsp3) is 0.759. The predicted octanol–water partition coefficient (Wildman–Crippen LogP) is 2.90. The second kappa shape index (κ2) is 8.19. The van der Waals surface area contributed by atoms with Crippen molar-refractivity contribution in [1.29, 1.82) is 0 Å². The van der Waals surface area contributed by atoms with Gasteiger partial charge in [-0.15, -0.1) is 0 Å². The number of carbonyl (C=O) groups excluding carboxylic acids is 1. The lowest BCUT2D eigenvalue weighted by Gasteiger charge is -2.59. The third-order valence-electron chi connectivity index (χ3n) is 10.8. The molecule has 3 heterocycles. The van der Waals surface area contributed by atoms with E-state index in [1.54, 1.807) is 6.07 Å². The molecule has 2 bridgehead atoms. The first-order valence-corrected chi connectivity index (χ1v) is 14.3. The summed E-state index contributed by atoms with van der Waals surface area (Å²) in [5.41, 5.74) is 1.07. The summed E-state index contributed by atoms with van der Waals surface area (Å²) in [6.45, 7) is 6.23. The maximum Gasteiger partial charge on any atom is 0.225 e. The number of aliphatic hydroxyl groups is 1. The zero-order valence-corrected chi connectivity index (χ0v) is 21.0. The smallest absolute Gasteiger partial charge is 0.225 e. The van der Waals surface area contributed by atoms with Crippen molar-refractivity contribution < 1.29 is 15.0 Å². The summed E-state index contributed by atoms with van der Waals surface area (Å²) in [6, 6.07) is 6.48. The number of phenols is 1. The molecule has 7 rings (SSSR count). The summed E-state index contributed by atoms with van der Waals surface area (Å²) < 4.78 is 0. The van der Waals surface area contributed by atoms with Gasteiger partial charge in [-0.2, -0.15) is 0 Å². The summed E-state index contributed by atoms with van der Waals surface area (Å²) in [7, 11) is 0. The van der Waals surface area contributed by atoms with Gasteiger partial charge in [-0.05, 0) is 113 Å². The van der Waals surface area contributed by atoms with E-state index in [1.165, 1.54) is 44.3 Å². The van der Waals surface area contributed by atoms with Crippen LogP contribution < -0.4 is 0 Å². The van der Waals surface area contributed by atoms with E-state index < -0.39 is 11.0 Å². The summed E-state index contributed by atoms with van der Waals surface area (Å²) >= 11 is 0. The fourth-order valence-corrected chi connectivity index (χ4v) is 8.82. The van der Waals surface area contributed by atoms with Gasteiger partial charge in [0.25, 0.3) is 0 Å². The molecule has 6 aliphatic rings. The molecule has 2 N–H and O–H groups in total. The van der Waals surface area contributed by atoms with Crippen molar-refractivity contribution in [3.8, 4) is 5.75 Å². The normalized spacial score (nSPS) is 37.9. The minimum atomic E-state index is -0.894. The van der Waals surface area contributed by atoms with Gasteiger partial charge < -0.3 is 20.0 Å². The van der Waals surface area contributed by atoms with E-state index in [-0.39, 0.29) is 23.6 Å². The van der Waals surface area contributed by atoms with E-state index in [2.05, 4.69) is 20.8 Å². The lowest BCUT2D eigenvalue weighted by molar-refractivity contribution is -0.140. The van der Waals surface area contributed by atoms with Crippen LogP contribution >= 0.6 is 0 Å². The number of piperidine rings is 2. The number of rotatable bonds is 4. The molecule has 35 heavy (non-hydrogen) atoms. The fourth-order valence-electron chi connectivity index (χ4n) is 8.82. The summed E-state index contributed by atoms with van der Waals surface area (Å²) in [5, 5.41) is 22.9. The molecule has 6 nitrogen and oxygen atoms in total. The summed E-state index contributed by atoms with van der Waals surface area (Å²) in [6.07, 6.45) is 10.4. The van der Waals surface area contributed by atoms with Crippen LogP contribution in [0.25, 0.3) is 0 Å². The van der Waals surface area contributed by atoms with E-state index in [4.69, 9.17) is 0 Å². The standard InChI is InChI=1S/C29H41N3O3/c33-24-6-5-21-15-26-29(35)18-22(27(34)31-12-7-23(8-13-31)30-10-1-2-11-30)17-28(29,25(21)16-24)9-14-32(26)19-20-3-4-20/h5-6,16,20,22-23,26,33,35H,1-4,7-15,17-19H2/t22-,26-,28-,29-/m1/s1. The molecular formula is C29H41N3O3. The first-order valence-electron chi connectivity index (χ1n) is 14.3. The molecule has 3 aliphatic heterocycles. The van der Waals surface area contributed by atoms with E-state index in [9.17, 15) is 15.0 Å².